The molecule has 0 radical (unpaired) electrons. The normalized spacial score (nSPS) is 11.1. The molecule has 0 spiro atoms. The minimum atomic E-state index is 0.708. The second kappa shape index (κ2) is 9.96. The molecule has 0 fully saturated rings. The first-order valence-corrected chi connectivity index (χ1v) is 5.07. The third-order valence-electron chi connectivity index (χ3n) is 1.71. The molecule has 0 unspecified atom stereocenters. The van der Waals surface area contributed by atoms with Crippen LogP contribution in [0.15, 0.2) is 0 Å². The highest BCUT2D eigenvalue weighted by atomic mass is 16.5. The maximum Gasteiger partial charge on any atom is 0.0701 e. The molecule has 1 N–H and O–H groups in total. The summed E-state index contributed by atoms with van der Waals surface area (Å²) in [6.07, 6.45) is 1.14. The van der Waals surface area contributed by atoms with Crippen LogP contribution in [0.5, 0.6) is 0 Å². The Bertz CT molecular complexity index is 96.9. The second-order valence-corrected chi connectivity index (χ2v) is 3.51. The van der Waals surface area contributed by atoms with E-state index in [1.807, 2.05) is 7.05 Å². The van der Waals surface area contributed by atoms with Gasteiger partial charge in [-0.3, -0.25) is 0 Å². The summed E-state index contributed by atoms with van der Waals surface area (Å²) in [4.78, 5) is 0. The standard InChI is InChI=1S/C10H23NO2/c1-10(2)4-6-12-8-9-13-7-5-11-3/h10-11H,4-9H2,1-3H3. The number of hydrogen-bond acceptors (Lipinski definition) is 3. The van der Waals surface area contributed by atoms with Crippen molar-refractivity contribution >= 4 is 0 Å². The van der Waals surface area contributed by atoms with Crippen molar-refractivity contribution in [2.45, 2.75) is 20.3 Å². The molecule has 0 heterocycles. The van der Waals surface area contributed by atoms with Crippen LogP contribution in [0.3, 0.4) is 0 Å². The highest BCUT2D eigenvalue weighted by Gasteiger charge is 1.93. The predicted octanol–water partition coefficient (Wildman–Crippen LogP) is 1.29. The number of rotatable bonds is 9. The molecular formula is C10H23NO2. The first-order chi connectivity index (χ1) is 6.27. The van der Waals surface area contributed by atoms with Crippen molar-refractivity contribution in [3.8, 4) is 0 Å². The molecule has 0 aliphatic heterocycles. The number of likely N-dealkylation sites (N-methyl/N-ethyl adjacent to an activating group) is 1. The van der Waals surface area contributed by atoms with Crippen molar-refractivity contribution in [3.05, 3.63) is 0 Å². The molecule has 0 rings (SSSR count). The molecule has 0 aliphatic rings. The van der Waals surface area contributed by atoms with Crippen molar-refractivity contribution in [3.63, 3.8) is 0 Å². The number of nitrogens with one attached hydrogen (secondary N) is 1. The van der Waals surface area contributed by atoms with Crippen LogP contribution in [0.4, 0.5) is 0 Å². The van der Waals surface area contributed by atoms with Crippen molar-refractivity contribution in [2.75, 3.05) is 40.0 Å². The summed E-state index contributed by atoms with van der Waals surface area (Å²) in [7, 11) is 1.92. The summed E-state index contributed by atoms with van der Waals surface area (Å²) < 4.78 is 10.7. The lowest BCUT2D eigenvalue weighted by Gasteiger charge is -2.06. The van der Waals surface area contributed by atoms with E-state index in [1.165, 1.54) is 0 Å². The molecular weight excluding hydrogens is 166 g/mol. The predicted molar refractivity (Wildman–Crippen MR) is 55.0 cm³/mol. The van der Waals surface area contributed by atoms with E-state index in [2.05, 4.69) is 19.2 Å². The fourth-order valence-corrected chi connectivity index (χ4v) is 0.815. The van der Waals surface area contributed by atoms with Gasteiger partial charge in [0.05, 0.1) is 19.8 Å². The summed E-state index contributed by atoms with van der Waals surface area (Å²) in [5.41, 5.74) is 0. The molecule has 0 aromatic rings. The third-order valence-corrected chi connectivity index (χ3v) is 1.71. The van der Waals surface area contributed by atoms with Crippen LogP contribution in [0.2, 0.25) is 0 Å². The number of hydrogen-bond donors (Lipinski definition) is 1. The van der Waals surface area contributed by atoms with E-state index in [1.54, 1.807) is 0 Å². The van der Waals surface area contributed by atoms with Crippen LogP contribution >= 0.6 is 0 Å². The Kier molecular flexibility index (Phi) is 9.87. The van der Waals surface area contributed by atoms with E-state index in [0.29, 0.717) is 6.61 Å². The maximum absolute atomic E-state index is 5.38. The Morgan fingerprint density at radius 1 is 1.00 bits per heavy atom. The first-order valence-electron chi connectivity index (χ1n) is 5.07. The summed E-state index contributed by atoms with van der Waals surface area (Å²) in [5.74, 6) is 0.727. The Labute approximate surface area is 81.8 Å². The van der Waals surface area contributed by atoms with Gasteiger partial charge in [0, 0.05) is 13.2 Å². The molecule has 13 heavy (non-hydrogen) atoms. The Morgan fingerprint density at radius 2 is 1.62 bits per heavy atom. The molecule has 80 valence electrons. The largest absolute Gasteiger partial charge is 0.379 e. The van der Waals surface area contributed by atoms with E-state index in [9.17, 15) is 0 Å². The van der Waals surface area contributed by atoms with E-state index in [-0.39, 0.29) is 0 Å². The fraction of sp³-hybridized carbons (Fsp3) is 1.00. The van der Waals surface area contributed by atoms with Gasteiger partial charge in [0.25, 0.3) is 0 Å². The summed E-state index contributed by atoms with van der Waals surface area (Å²) >= 11 is 0. The third kappa shape index (κ3) is 11.9. The molecule has 0 aromatic heterocycles. The summed E-state index contributed by atoms with van der Waals surface area (Å²) in [6, 6.07) is 0. The topological polar surface area (TPSA) is 30.5 Å². The highest BCUT2D eigenvalue weighted by molar-refractivity contribution is 4.42. The monoisotopic (exact) mass is 189 g/mol. The second-order valence-electron chi connectivity index (χ2n) is 3.51. The molecule has 0 amide bonds. The summed E-state index contributed by atoms with van der Waals surface area (Å²) in [5, 5.41) is 3.02. The van der Waals surface area contributed by atoms with Crippen LogP contribution in [0, 0.1) is 5.92 Å². The van der Waals surface area contributed by atoms with Gasteiger partial charge in [-0.15, -0.1) is 0 Å². The van der Waals surface area contributed by atoms with Gasteiger partial charge in [-0.1, -0.05) is 13.8 Å². The van der Waals surface area contributed by atoms with E-state index in [4.69, 9.17) is 9.47 Å². The average molecular weight is 189 g/mol. The Balaban J connectivity index is 2.84. The Morgan fingerprint density at radius 3 is 2.15 bits per heavy atom. The average Bonchev–Trinajstić information content (AvgIpc) is 2.09. The van der Waals surface area contributed by atoms with Crippen LogP contribution in [0.1, 0.15) is 20.3 Å². The van der Waals surface area contributed by atoms with Gasteiger partial charge >= 0.3 is 0 Å². The number of ether oxygens (including phenoxy) is 2. The molecule has 3 nitrogen and oxygen atoms in total. The van der Waals surface area contributed by atoms with Crippen LogP contribution in [0.25, 0.3) is 0 Å². The van der Waals surface area contributed by atoms with Gasteiger partial charge < -0.3 is 14.8 Å². The van der Waals surface area contributed by atoms with Gasteiger partial charge in [0.2, 0.25) is 0 Å². The van der Waals surface area contributed by atoms with Crippen molar-refractivity contribution in [1.82, 2.24) is 5.32 Å². The zero-order chi connectivity index (χ0) is 9.94. The smallest absolute Gasteiger partial charge is 0.0701 e. The first kappa shape index (κ1) is 12.9. The molecule has 0 saturated carbocycles. The Hall–Kier alpha value is -0.120. The minimum absolute atomic E-state index is 0.708. The van der Waals surface area contributed by atoms with Gasteiger partial charge in [-0.05, 0) is 19.4 Å². The highest BCUT2D eigenvalue weighted by Crippen LogP contribution is 1.98. The quantitative estimate of drug-likeness (QED) is 0.554. The van der Waals surface area contributed by atoms with Gasteiger partial charge in [0.1, 0.15) is 0 Å². The van der Waals surface area contributed by atoms with E-state index in [0.717, 1.165) is 38.7 Å². The molecule has 0 aliphatic carbocycles. The zero-order valence-corrected chi connectivity index (χ0v) is 9.14. The van der Waals surface area contributed by atoms with E-state index < -0.39 is 0 Å². The lowest BCUT2D eigenvalue weighted by atomic mass is 10.1. The minimum Gasteiger partial charge on any atom is -0.379 e. The van der Waals surface area contributed by atoms with Gasteiger partial charge in [-0.25, -0.2) is 0 Å². The van der Waals surface area contributed by atoms with Crippen LogP contribution < -0.4 is 5.32 Å². The molecule has 0 atom stereocenters. The van der Waals surface area contributed by atoms with Crippen molar-refractivity contribution in [1.29, 1.82) is 0 Å². The lowest BCUT2D eigenvalue weighted by molar-refractivity contribution is 0.0454. The van der Waals surface area contributed by atoms with Gasteiger partial charge in [0.15, 0.2) is 0 Å². The van der Waals surface area contributed by atoms with Crippen molar-refractivity contribution < 1.29 is 9.47 Å². The SMILES string of the molecule is CNCCOCCOCCC(C)C. The van der Waals surface area contributed by atoms with Crippen LogP contribution in [-0.2, 0) is 9.47 Å². The molecule has 0 bridgehead atoms. The molecule has 0 aromatic carbocycles. The fourth-order valence-electron chi connectivity index (χ4n) is 0.815. The van der Waals surface area contributed by atoms with Gasteiger partial charge in [-0.2, -0.15) is 0 Å². The molecule has 0 saturated heterocycles. The molecule has 3 heteroatoms. The zero-order valence-electron chi connectivity index (χ0n) is 9.14. The maximum atomic E-state index is 5.38. The van der Waals surface area contributed by atoms with Crippen molar-refractivity contribution in [2.24, 2.45) is 5.92 Å². The van der Waals surface area contributed by atoms with Crippen LogP contribution in [-0.4, -0.2) is 40.0 Å². The lowest BCUT2D eigenvalue weighted by Crippen LogP contribution is -2.16. The van der Waals surface area contributed by atoms with E-state index >= 15 is 0 Å². The summed E-state index contributed by atoms with van der Waals surface area (Å²) in [6.45, 7) is 8.36.